The van der Waals surface area contributed by atoms with Crippen molar-refractivity contribution in [2.24, 2.45) is 0 Å². The van der Waals surface area contributed by atoms with E-state index in [0.717, 1.165) is 5.56 Å². The number of aryl methyl sites for hydroxylation is 1. The second kappa shape index (κ2) is 4.80. The van der Waals surface area contributed by atoms with E-state index in [2.05, 4.69) is 4.65 Å². The van der Waals surface area contributed by atoms with Crippen LogP contribution in [0, 0.1) is 6.92 Å². The molecule has 0 radical (unpaired) electrons. The molecule has 0 fully saturated rings. The van der Waals surface area contributed by atoms with Gasteiger partial charge in [-0.1, -0.05) is 25.6 Å². The minimum Gasteiger partial charge on any atom is -0.512 e. The van der Waals surface area contributed by atoms with Gasteiger partial charge in [-0.2, -0.15) is 0 Å². The Morgan fingerprint density at radius 1 is 1.25 bits per heavy atom. The summed E-state index contributed by atoms with van der Waals surface area (Å²) in [5.74, 6) is 0.488. The average molecular weight is 168 g/mol. The summed E-state index contributed by atoms with van der Waals surface area (Å²) in [7, 11) is -1.74. The van der Waals surface area contributed by atoms with E-state index in [-0.39, 0.29) is 7.43 Å². The predicted octanol–water partition coefficient (Wildman–Crippen LogP) is 0.979. The summed E-state index contributed by atoms with van der Waals surface area (Å²) in [4.78, 5) is 0. The molecular weight excluding hydrogens is 155 g/mol. The van der Waals surface area contributed by atoms with Gasteiger partial charge < -0.3 is 14.7 Å². The maximum absolute atomic E-state index is 8.46. The highest BCUT2D eigenvalue weighted by molar-refractivity contribution is 6.33. The van der Waals surface area contributed by atoms with Crippen LogP contribution in [0.5, 0.6) is 5.75 Å². The Labute approximate surface area is 72.8 Å². The highest BCUT2D eigenvalue weighted by atomic mass is 16.6. The standard InChI is InChI=1S/C7H9BO3.CH4/c1-6-4-2-3-5-7(6)11-8(9)10;/h2-5,9-10H,1H3;1H4. The van der Waals surface area contributed by atoms with Crippen molar-refractivity contribution in [2.45, 2.75) is 14.4 Å². The lowest BCUT2D eigenvalue weighted by Gasteiger charge is -2.06. The molecule has 0 atom stereocenters. The lowest BCUT2D eigenvalue weighted by molar-refractivity contribution is 0.287. The second-order valence-corrected chi connectivity index (χ2v) is 2.21. The summed E-state index contributed by atoms with van der Waals surface area (Å²) < 4.78 is 4.66. The molecule has 1 aromatic carbocycles. The Hall–Kier alpha value is -0.995. The van der Waals surface area contributed by atoms with E-state index < -0.39 is 7.32 Å². The van der Waals surface area contributed by atoms with E-state index in [0.29, 0.717) is 5.75 Å². The first-order valence-electron chi connectivity index (χ1n) is 3.28. The highest BCUT2D eigenvalue weighted by Crippen LogP contribution is 2.15. The molecule has 1 rings (SSSR count). The van der Waals surface area contributed by atoms with Crippen LogP contribution in [0.25, 0.3) is 0 Å². The summed E-state index contributed by atoms with van der Waals surface area (Å²) in [5.41, 5.74) is 0.876. The van der Waals surface area contributed by atoms with Crippen LogP contribution < -0.4 is 4.65 Å². The molecule has 0 saturated carbocycles. The smallest absolute Gasteiger partial charge is 0.512 e. The second-order valence-electron chi connectivity index (χ2n) is 2.21. The largest absolute Gasteiger partial charge is 0.707 e. The first-order chi connectivity index (χ1) is 5.20. The Kier molecular flexibility index (Phi) is 4.40. The molecule has 12 heavy (non-hydrogen) atoms. The zero-order chi connectivity index (χ0) is 8.27. The van der Waals surface area contributed by atoms with Crippen molar-refractivity contribution in [2.75, 3.05) is 0 Å². The van der Waals surface area contributed by atoms with Crippen LogP contribution in [0.2, 0.25) is 0 Å². The normalized spacial score (nSPS) is 8.58. The van der Waals surface area contributed by atoms with Crippen molar-refractivity contribution < 1.29 is 14.7 Å². The van der Waals surface area contributed by atoms with E-state index in [1.54, 1.807) is 12.1 Å². The van der Waals surface area contributed by atoms with Gasteiger partial charge in [-0.3, -0.25) is 0 Å². The summed E-state index contributed by atoms with van der Waals surface area (Å²) in [5, 5.41) is 16.9. The third-order valence-electron chi connectivity index (χ3n) is 1.33. The molecule has 3 nitrogen and oxygen atoms in total. The van der Waals surface area contributed by atoms with E-state index in [9.17, 15) is 0 Å². The molecule has 2 N–H and O–H groups in total. The summed E-state index contributed by atoms with van der Waals surface area (Å²) >= 11 is 0. The SMILES string of the molecule is C.Cc1ccccc1OB(O)O. The molecule has 0 aromatic heterocycles. The molecule has 0 heterocycles. The van der Waals surface area contributed by atoms with Crippen molar-refractivity contribution in [3.05, 3.63) is 29.8 Å². The van der Waals surface area contributed by atoms with Crippen LogP contribution in [0.3, 0.4) is 0 Å². The molecule has 66 valence electrons. The van der Waals surface area contributed by atoms with Crippen molar-refractivity contribution in [1.82, 2.24) is 0 Å². The Balaban J connectivity index is 0.00000121. The van der Waals surface area contributed by atoms with Crippen LogP contribution >= 0.6 is 0 Å². The van der Waals surface area contributed by atoms with Crippen LogP contribution in [0.15, 0.2) is 24.3 Å². The molecule has 0 amide bonds. The van der Waals surface area contributed by atoms with Crippen LogP contribution in [-0.2, 0) is 0 Å². The number of rotatable bonds is 2. The molecular formula is C8H13BO3. The van der Waals surface area contributed by atoms with Crippen LogP contribution in [0.1, 0.15) is 13.0 Å². The van der Waals surface area contributed by atoms with Gasteiger partial charge in [0.15, 0.2) is 0 Å². The highest BCUT2D eigenvalue weighted by Gasteiger charge is 2.11. The molecule has 0 unspecified atom stereocenters. The van der Waals surface area contributed by atoms with Crippen LogP contribution in [0.4, 0.5) is 0 Å². The van der Waals surface area contributed by atoms with E-state index in [1.165, 1.54) is 0 Å². The van der Waals surface area contributed by atoms with Gasteiger partial charge >= 0.3 is 7.32 Å². The Morgan fingerprint density at radius 3 is 2.33 bits per heavy atom. The number of para-hydroxylation sites is 1. The molecule has 0 aliphatic carbocycles. The van der Waals surface area contributed by atoms with Crippen LogP contribution in [-0.4, -0.2) is 17.4 Å². The fourth-order valence-corrected chi connectivity index (χ4v) is 0.802. The fourth-order valence-electron chi connectivity index (χ4n) is 0.802. The zero-order valence-corrected chi connectivity index (χ0v) is 6.19. The van der Waals surface area contributed by atoms with Gasteiger partial charge in [-0.05, 0) is 18.6 Å². The maximum Gasteiger partial charge on any atom is 0.707 e. The molecule has 0 spiro atoms. The quantitative estimate of drug-likeness (QED) is 0.647. The van der Waals surface area contributed by atoms with Gasteiger partial charge in [0.05, 0.1) is 0 Å². The average Bonchev–Trinajstić information content (AvgIpc) is 1.93. The van der Waals surface area contributed by atoms with Crippen molar-refractivity contribution >= 4 is 7.32 Å². The Morgan fingerprint density at radius 2 is 1.83 bits per heavy atom. The van der Waals surface area contributed by atoms with E-state index in [1.807, 2.05) is 19.1 Å². The van der Waals surface area contributed by atoms with Crippen molar-refractivity contribution in [3.63, 3.8) is 0 Å². The summed E-state index contributed by atoms with van der Waals surface area (Å²) in [6.45, 7) is 1.83. The van der Waals surface area contributed by atoms with Gasteiger partial charge in [0.1, 0.15) is 5.75 Å². The topological polar surface area (TPSA) is 49.7 Å². The van der Waals surface area contributed by atoms with Crippen molar-refractivity contribution in [3.8, 4) is 5.75 Å². The van der Waals surface area contributed by atoms with E-state index in [4.69, 9.17) is 10.0 Å². The number of hydrogen-bond acceptors (Lipinski definition) is 3. The van der Waals surface area contributed by atoms with Gasteiger partial charge in [-0.25, -0.2) is 0 Å². The maximum atomic E-state index is 8.46. The summed E-state index contributed by atoms with van der Waals surface area (Å²) in [6, 6.07) is 7.13. The van der Waals surface area contributed by atoms with Crippen molar-refractivity contribution in [1.29, 1.82) is 0 Å². The minimum atomic E-state index is -1.74. The first-order valence-corrected chi connectivity index (χ1v) is 3.28. The number of hydrogen-bond donors (Lipinski definition) is 2. The molecule has 0 bridgehead atoms. The summed E-state index contributed by atoms with van der Waals surface area (Å²) in [6.07, 6.45) is 0. The Bertz CT molecular complexity index is 237. The minimum absolute atomic E-state index is 0. The first kappa shape index (κ1) is 11.0. The van der Waals surface area contributed by atoms with Gasteiger partial charge in [0, 0.05) is 0 Å². The predicted molar refractivity (Wildman–Crippen MR) is 48.7 cm³/mol. The van der Waals surface area contributed by atoms with Gasteiger partial charge in [-0.15, -0.1) is 0 Å². The molecule has 0 saturated heterocycles. The third-order valence-corrected chi connectivity index (χ3v) is 1.33. The fraction of sp³-hybridized carbons (Fsp3) is 0.250. The van der Waals surface area contributed by atoms with Gasteiger partial charge in [0.25, 0.3) is 0 Å². The van der Waals surface area contributed by atoms with E-state index >= 15 is 0 Å². The lowest BCUT2D eigenvalue weighted by atomic mass is 10.2. The zero-order valence-electron chi connectivity index (χ0n) is 6.19. The monoisotopic (exact) mass is 168 g/mol. The molecule has 0 aliphatic heterocycles. The molecule has 1 aromatic rings. The van der Waals surface area contributed by atoms with Gasteiger partial charge in [0.2, 0.25) is 0 Å². The molecule has 4 heteroatoms. The lowest BCUT2D eigenvalue weighted by Crippen LogP contribution is -2.20. The third kappa shape index (κ3) is 2.94. The molecule has 0 aliphatic rings. The number of benzene rings is 1.